The first-order valence-electron chi connectivity index (χ1n) is 13.5. The van der Waals surface area contributed by atoms with Crippen LogP contribution in [0.15, 0.2) is 65.6 Å². The van der Waals surface area contributed by atoms with Gasteiger partial charge in [0.2, 0.25) is 0 Å². The molecule has 0 amide bonds. The summed E-state index contributed by atoms with van der Waals surface area (Å²) in [6.45, 7) is 5.62. The van der Waals surface area contributed by atoms with Gasteiger partial charge in [0.15, 0.2) is 0 Å². The van der Waals surface area contributed by atoms with Gasteiger partial charge >= 0.3 is 0 Å². The van der Waals surface area contributed by atoms with Gasteiger partial charge in [-0.2, -0.15) is 0 Å². The molecule has 1 saturated carbocycles. The van der Waals surface area contributed by atoms with Gasteiger partial charge < -0.3 is 15.1 Å². The fraction of sp³-hybridized carbons (Fsp3) is 0.400. The number of rotatable bonds is 5. The molecule has 2 aliphatic rings. The van der Waals surface area contributed by atoms with Crippen molar-refractivity contribution in [2.24, 2.45) is 0 Å². The van der Waals surface area contributed by atoms with Crippen molar-refractivity contribution >= 4 is 43.2 Å². The van der Waals surface area contributed by atoms with Crippen LogP contribution in [0, 0.1) is 6.92 Å². The van der Waals surface area contributed by atoms with Crippen LogP contribution in [0.2, 0.25) is 0 Å². The van der Waals surface area contributed by atoms with Gasteiger partial charge in [-0.3, -0.25) is 0 Å². The zero-order valence-electron chi connectivity index (χ0n) is 21.8. The van der Waals surface area contributed by atoms with Crippen molar-refractivity contribution in [1.29, 1.82) is 0 Å². The Bertz CT molecular complexity index is 1530. The monoisotopic (exact) mass is 516 g/mol. The van der Waals surface area contributed by atoms with E-state index in [9.17, 15) is 8.42 Å². The van der Waals surface area contributed by atoms with Crippen LogP contribution in [0.3, 0.4) is 0 Å². The van der Waals surface area contributed by atoms with E-state index >= 15 is 0 Å². The van der Waals surface area contributed by atoms with Crippen molar-refractivity contribution in [1.82, 2.24) is 8.87 Å². The molecule has 1 aliphatic heterocycles. The quantitative estimate of drug-likeness (QED) is 0.361. The van der Waals surface area contributed by atoms with Crippen LogP contribution in [0.1, 0.15) is 37.7 Å². The van der Waals surface area contributed by atoms with Crippen LogP contribution in [0.5, 0.6) is 0 Å². The number of aryl methyl sites for hydroxylation is 1. The van der Waals surface area contributed by atoms with Crippen LogP contribution < -0.4 is 10.2 Å². The molecule has 0 unspecified atom stereocenters. The average molecular weight is 517 g/mol. The molecule has 7 heteroatoms. The second kappa shape index (κ2) is 9.69. The lowest BCUT2D eigenvalue weighted by Gasteiger charge is -2.35. The normalized spacial score (nSPS) is 18.1. The predicted octanol–water partition coefficient (Wildman–Crippen LogP) is 5.84. The van der Waals surface area contributed by atoms with E-state index in [-0.39, 0.29) is 6.04 Å². The van der Waals surface area contributed by atoms with E-state index in [4.69, 9.17) is 0 Å². The molecule has 1 saturated heterocycles. The third-order valence-corrected chi connectivity index (χ3v) is 9.82. The fourth-order valence-electron chi connectivity index (χ4n) is 5.91. The van der Waals surface area contributed by atoms with E-state index in [0.717, 1.165) is 77.8 Å². The minimum Gasteiger partial charge on any atom is -0.366 e. The zero-order valence-corrected chi connectivity index (χ0v) is 22.6. The summed E-state index contributed by atoms with van der Waals surface area (Å²) in [4.78, 5) is 5.05. The number of piperazine rings is 1. The molecule has 0 atom stereocenters. The van der Waals surface area contributed by atoms with Crippen molar-refractivity contribution < 1.29 is 8.42 Å². The van der Waals surface area contributed by atoms with E-state index in [1.165, 1.54) is 19.3 Å². The highest BCUT2D eigenvalue weighted by atomic mass is 32.2. The number of hydrogen-bond donors (Lipinski definition) is 1. The summed E-state index contributed by atoms with van der Waals surface area (Å²) >= 11 is 0. The van der Waals surface area contributed by atoms with E-state index in [2.05, 4.69) is 46.4 Å². The standard InChI is InChI=1S/C30H36N4O2S/c1-22-12-14-26(15-13-22)37(35,36)34-28-21-24-9-7-6-8-23(24)20-27(28)29(33-18-16-32(2)17-19-33)30(34)31-25-10-4-3-5-11-25/h6-9,12-15,20-21,25,31H,3-5,10-11,16-19H2,1-2H3. The Morgan fingerprint density at radius 1 is 0.838 bits per heavy atom. The van der Waals surface area contributed by atoms with Gasteiger partial charge in [0.1, 0.15) is 5.82 Å². The van der Waals surface area contributed by atoms with Crippen LogP contribution in [-0.4, -0.2) is 56.6 Å². The van der Waals surface area contributed by atoms with Crippen LogP contribution in [0.25, 0.3) is 21.7 Å². The van der Waals surface area contributed by atoms with Gasteiger partial charge in [0.05, 0.1) is 16.1 Å². The Hall–Kier alpha value is -3.03. The van der Waals surface area contributed by atoms with Crippen molar-refractivity contribution in [2.45, 2.75) is 50.0 Å². The lowest BCUT2D eigenvalue weighted by molar-refractivity contribution is 0.313. The molecule has 37 heavy (non-hydrogen) atoms. The van der Waals surface area contributed by atoms with Crippen LogP contribution in [-0.2, 0) is 10.0 Å². The number of nitrogens with one attached hydrogen (secondary N) is 1. The molecule has 194 valence electrons. The average Bonchev–Trinajstić information content (AvgIpc) is 3.21. The Morgan fingerprint density at radius 2 is 1.49 bits per heavy atom. The molecule has 0 radical (unpaired) electrons. The van der Waals surface area contributed by atoms with Gasteiger partial charge in [-0.15, -0.1) is 0 Å². The summed E-state index contributed by atoms with van der Waals surface area (Å²) < 4.78 is 30.4. The molecule has 4 aromatic rings. The molecule has 6 rings (SSSR count). The maximum Gasteiger partial charge on any atom is 0.269 e. The number of aromatic nitrogens is 1. The highest BCUT2D eigenvalue weighted by molar-refractivity contribution is 7.90. The molecule has 2 heterocycles. The number of benzene rings is 3. The first-order chi connectivity index (χ1) is 17.9. The van der Waals surface area contributed by atoms with Gasteiger partial charge in [0, 0.05) is 37.6 Å². The Labute approximate surface area is 219 Å². The third kappa shape index (κ3) is 4.48. The van der Waals surface area contributed by atoms with Crippen molar-refractivity contribution in [3.05, 3.63) is 66.2 Å². The Kier molecular flexibility index (Phi) is 6.37. The molecule has 1 aliphatic carbocycles. The predicted molar refractivity (Wildman–Crippen MR) is 153 cm³/mol. The number of anilines is 2. The van der Waals surface area contributed by atoms with E-state index in [0.29, 0.717) is 4.90 Å². The highest BCUT2D eigenvalue weighted by Gasteiger charge is 2.32. The summed E-state index contributed by atoms with van der Waals surface area (Å²) in [5.41, 5.74) is 2.81. The first kappa shape index (κ1) is 24.3. The summed E-state index contributed by atoms with van der Waals surface area (Å²) in [5, 5.41) is 6.95. The third-order valence-electron chi connectivity index (χ3n) is 8.09. The second-order valence-corrected chi connectivity index (χ2v) is 12.6. The molecule has 3 aromatic carbocycles. The van der Waals surface area contributed by atoms with E-state index < -0.39 is 10.0 Å². The molecule has 6 nitrogen and oxygen atoms in total. The number of hydrogen-bond acceptors (Lipinski definition) is 5. The van der Waals surface area contributed by atoms with Crippen LogP contribution in [0.4, 0.5) is 11.5 Å². The first-order valence-corrected chi connectivity index (χ1v) is 15.0. The number of fused-ring (bicyclic) bond motifs is 2. The number of nitrogens with zero attached hydrogens (tertiary/aromatic N) is 3. The zero-order chi connectivity index (χ0) is 25.6. The van der Waals surface area contributed by atoms with Gasteiger partial charge in [-0.05, 0) is 61.9 Å². The maximum absolute atomic E-state index is 14.4. The highest BCUT2D eigenvalue weighted by Crippen LogP contribution is 2.43. The van der Waals surface area contributed by atoms with Gasteiger partial charge in [-0.1, -0.05) is 61.2 Å². The molecular weight excluding hydrogens is 480 g/mol. The molecule has 1 aromatic heterocycles. The van der Waals surface area contributed by atoms with Crippen molar-refractivity contribution in [3.63, 3.8) is 0 Å². The topological polar surface area (TPSA) is 57.6 Å². The minimum atomic E-state index is -3.84. The van der Waals surface area contributed by atoms with Crippen LogP contribution >= 0.6 is 0 Å². The second-order valence-electron chi connectivity index (χ2n) is 10.8. The lowest BCUT2D eigenvalue weighted by atomic mass is 9.95. The van der Waals surface area contributed by atoms with E-state index in [1.54, 1.807) is 16.1 Å². The molecular formula is C30H36N4O2S. The molecule has 1 N–H and O–H groups in total. The van der Waals surface area contributed by atoms with E-state index in [1.807, 2.05) is 31.2 Å². The van der Waals surface area contributed by atoms with Crippen molar-refractivity contribution in [2.75, 3.05) is 43.4 Å². The summed E-state index contributed by atoms with van der Waals surface area (Å²) in [5.74, 6) is 0.724. The number of likely N-dealkylation sites (N-methyl/N-ethyl adjacent to an activating group) is 1. The largest absolute Gasteiger partial charge is 0.366 e. The summed E-state index contributed by atoms with van der Waals surface area (Å²) in [6, 6.07) is 20.0. The summed E-state index contributed by atoms with van der Waals surface area (Å²) in [6.07, 6.45) is 5.73. The Balaban J connectivity index is 1.64. The maximum atomic E-state index is 14.4. The fourth-order valence-corrected chi connectivity index (χ4v) is 7.39. The SMILES string of the molecule is Cc1ccc(S(=O)(=O)n2c(NC3CCCCC3)c(N3CCN(C)CC3)c3cc4ccccc4cc32)cc1. The van der Waals surface area contributed by atoms with Gasteiger partial charge in [-0.25, -0.2) is 12.4 Å². The van der Waals surface area contributed by atoms with Gasteiger partial charge in [0.25, 0.3) is 10.0 Å². The Morgan fingerprint density at radius 3 is 2.16 bits per heavy atom. The lowest BCUT2D eigenvalue weighted by Crippen LogP contribution is -2.44. The molecule has 0 spiro atoms. The minimum absolute atomic E-state index is 0.269. The summed E-state index contributed by atoms with van der Waals surface area (Å²) in [7, 11) is -1.69. The molecule has 2 fully saturated rings. The van der Waals surface area contributed by atoms with Crippen molar-refractivity contribution in [3.8, 4) is 0 Å². The smallest absolute Gasteiger partial charge is 0.269 e. The molecule has 0 bridgehead atoms.